The van der Waals surface area contributed by atoms with Gasteiger partial charge in [-0.15, -0.1) is 0 Å². The molecule has 20 heavy (non-hydrogen) atoms. The summed E-state index contributed by atoms with van der Waals surface area (Å²) in [5.41, 5.74) is 6.64. The minimum Gasteiger partial charge on any atom is -0.390 e. The fourth-order valence-electron chi connectivity index (χ4n) is 2.39. The second kappa shape index (κ2) is 7.99. The molecule has 0 heterocycles. The summed E-state index contributed by atoms with van der Waals surface area (Å²) in [5, 5.41) is 20.8. The lowest BCUT2D eigenvalue weighted by molar-refractivity contribution is 0.0416. The van der Waals surface area contributed by atoms with Gasteiger partial charge < -0.3 is 15.9 Å². The maximum atomic E-state index is 10.2. The number of aliphatic hydroxyl groups is 2. The van der Waals surface area contributed by atoms with Crippen molar-refractivity contribution in [3.63, 3.8) is 0 Å². The topological polar surface area (TPSA) is 66.5 Å². The van der Waals surface area contributed by atoms with Gasteiger partial charge in [0.15, 0.2) is 0 Å². The van der Waals surface area contributed by atoms with Crippen LogP contribution in [0.2, 0.25) is 5.02 Å². The molecular weight excluding hydrogens is 274 g/mol. The molecule has 0 fully saturated rings. The first-order valence-corrected chi connectivity index (χ1v) is 7.66. The highest BCUT2D eigenvalue weighted by atomic mass is 35.5. The number of benzene rings is 1. The molecule has 1 aromatic carbocycles. The van der Waals surface area contributed by atoms with E-state index in [9.17, 15) is 10.2 Å². The molecule has 3 nitrogen and oxygen atoms in total. The fourth-order valence-corrected chi connectivity index (χ4v) is 2.64. The number of nitrogens with two attached hydrogens (primary N) is 1. The SMILES string of the molecule is CCCC(C)(O)CCc1ccc(Cl)c(C(O)CCN)c1. The average molecular weight is 300 g/mol. The molecule has 0 bridgehead atoms. The van der Waals surface area contributed by atoms with Crippen LogP contribution in [0.1, 0.15) is 56.8 Å². The molecule has 0 aliphatic carbocycles. The van der Waals surface area contributed by atoms with Crippen molar-refractivity contribution >= 4 is 11.6 Å². The first kappa shape index (κ1) is 17.4. The average Bonchev–Trinajstić information content (AvgIpc) is 2.38. The summed E-state index contributed by atoms with van der Waals surface area (Å²) in [6.45, 7) is 4.36. The first-order valence-electron chi connectivity index (χ1n) is 7.28. The van der Waals surface area contributed by atoms with E-state index < -0.39 is 11.7 Å². The van der Waals surface area contributed by atoms with E-state index >= 15 is 0 Å². The van der Waals surface area contributed by atoms with Crippen molar-refractivity contribution in [1.82, 2.24) is 0 Å². The van der Waals surface area contributed by atoms with Crippen LogP contribution < -0.4 is 5.73 Å². The molecule has 4 N–H and O–H groups in total. The van der Waals surface area contributed by atoms with Crippen LogP contribution in [0.15, 0.2) is 18.2 Å². The molecule has 1 aromatic rings. The summed E-state index contributed by atoms with van der Waals surface area (Å²) in [4.78, 5) is 0. The van der Waals surface area contributed by atoms with E-state index in [0.29, 0.717) is 24.4 Å². The number of rotatable bonds is 8. The summed E-state index contributed by atoms with van der Waals surface area (Å²) < 4.78 is 0. The van der Waals surface area contributed by atoms with Gasteiger partial charge in [0.1, 0.15) is 0 Å². The standard InChI is InChI=1S/C16H26ClNO2/c1-3-8-16(2,20)9-6-12-4-5-14(17)13(11-12)15(19)7-10-18/h4-5,11,15,19-20H,3,6-10,18H2,1-2H3. The smallest absolute Gasteiger partial charge is 0.0816 e. The Morgan fingerprint density at radius 3 is 2.65 bits per heavy atom. The second-order valence-corrected chi connectivity index (χ2v) is 6.10. The normalized spacial score (nSPS) is 15.9. The molecule has 0 aromatic heterocycles. The number of halogens is 1. The van der Waals surface area contributed by atoms with Crippen LogP contribution in [0, 0.1) is 0 Å². The molecular formula is C16H26ClNO2. The number of hydrogen-bond acceptors (Lipinski definition) is 3. The highest BCUT2D eigenvalue weighted by molar-refractivity contribution is 6.31. The van der Waals surface area contributed by atoms with Gasteiger partial charge in [0.05, 0.1) is 11.7 Å². The zero-order valence-corrected chi connectivity index (χ0v) is 13.2. The zero-order valence-electron chi connectivity index (χ0n) is 12.4. The van der Waals surface area contributed by atoms with Gasteiger partial charge in [0.2, 0.25) is 0 Å². The van der Waals surface area contributed by atoms with Gasteiger partial charge in [-0.05, 0) is 56.3 Å². The van der Waals surface area contributed by atoms with Gasteiger partial charge in [-0.25, -0.2) is 0 Å². The Bertz CT molecular complexity index is 421. The van der Waals surface area contributed by atoms with E-state index in [4.69, 9.17) is 17.3 Å². The van der Waals surface area contributed by atoms with Gasteiger partial charge in [0, 0.05) is 5.02 Å². The lowest BCUT2D eigenvalue weighted by Gasteiger charge is -2.23. The Morgan fingerprint density at radius 1 is 1.35 bits per heavy atom. The minimum atomic E-state index is -0.634. The van der Waals surface area contributed by atoms with Crippen LogP contribution in [0.3, 0.4) is 0 Å². The highest BCUT2D eigenvalue weighted by Gasteiger charge is 2.19. The van der Waals surface area contributed by atoms with Crippen LogP contribution in [-0.4, -0.2) is 22.4 Å². The Kier molecular flexibility index (Phi) is 6.96. The number of hydrogen-bond donors (Lipinski definition) is 3. The summed E-state index contributed by atoms with van der Waals surface area (Å²) >= 11 is 6.12. The molecule has 2 atom stereocenters. The third-order valence-corrected chi connectivity index (χ3v) is 3.94. The molecule has 114 valence electrons. The third-order valence-electron chi connectivity index (χ3n) is 3.60. The summed E-state index contributed by atoms with van der Waals surface area (Å²) in [6, 6.07) is 5.67. The Morgan fingerprint density at radius 2 is 2.05 bits per heavy atom. The molecule has 0 aliphatic heterocycles. The van der Waals surface area contributed by atoms with Crippen molar-refractivity contribution in [2.24, 2.45) is 5.73 Å². The lowest BCUT2D eigenvalue weighted by atomic mass is 9.91. The van der Waals surface area contributed by atoms with Crippen molar-refractivity contribution in [2.45, 2.75) is 57.7 Å². The van der Waals surface area contributed by atoms with Crippen molar-refractivity contribution < 1.29 is 10.2 Å². The lowest BCUT2D eigenvalue weighted by Crippen LogP contribution is -2.24. The van der Waals surface area contributed by atoms with Gasteiger partial charge in [0.25, 0.3) is 0 Å². The van der Waals surface area contributed by atoms with E-state index in [0.717, 1.165) is 30.4 Å². The van der Waals surface area contributed by atoms with E-state index in [1.807, 2.05) is 19.1 Å². The van der Waals surface area contributed by atoms with E-state index in [-0.39, 0.29) is 0 Å². The van der Waals surface area contributed by atoms with Crippen LogP contribution >= 0.6 is 11.6 Å². The first-order chi connectivity index (χ1) is 9.39. The minimum absolute atomic E-state index is 0.424. The predicted molar refractivity (Wildman–Crippen MR) is 83.9 cm³/mol. The van der Waals surface area contributed by atoms with Crippen molar-refractivity contribution in [1.29, 1.82) is 0 Å². The summed E-state index contributed by atoms with van der Waals surface area (Å²) in [7, 11) is 0. The van der Waals surface area contributed by atoms with Gasteiger partial charge >= 0.3 is 0 Å². The molecule has 4 heteroatoms. The highest BCUT2D eigenvalue weighted by Crippen LogP contribution is 2.27. The molecule has 2 unspecified atom stereocenters. The fraction of sp³-hybridized carbons (Fsp3) is 0.625. The van der Waals surface area contributed by atoms with Gasteiger partial charge in [-0.2, -0.15) is 0 Å². The maximum absolute atomic E-state index is 10.2. The molecule has 0 saturated carbocycles. The second-order valence-electron chi connectivity index (χ2n) is 5.70. The van der Waals surface area contributed by atoms with Gasteiger partial charge in [-0.3, -0.25) is 0 Å². The molecule has 0 radical (unpaired) electrons. The van der Waals surface area contributed by atoms with Crippen molar-refractivity contribution in [2.75, 3.05) is 6.54 Å². The summed E-state index contributed by atoms with van der Waals surface area (Å²) in [6.07, 6.45) is 3.11. The predicted octanol–water partition coefficient (Wildman–Crippen LogP) is 3.21. The summed E-state index contributed by atoms with van der Waals surface area (Å²) in [5.74, 6) is 0. The van der Waals surface area contributed by atoms with Crippen LogP contribution in [0.25, 0.3) is 0 Å². The molecule has 1 rings (SSSR count). The largest absolute Gasteiger partial charge is 0.390 e. The Balaban J connectivity index is 2.75. The van der Waals surface area contributed by atoms with E-state index in [1.165, 1.54) is 0 Å². The van der Waals surface area contributed by atoms with Crippen molar-refractivity contribution in [3.8, 4) is 0 Å². The van der Waals surface area contributed by atoms with Crippen LogP contribution in [0.4, 0.5) is 0 Å². The molecule has 0 aliphatic rings. The number of aryl methyl sites for hydroxylation is 1. The molecule has 0 saturated heterocycles. The zero-order chi connectivity index (χ0) is 15.2. The quantitative estimate of drug-likeness (QED) is 0.690. The molecule has 0 amide bonds. The number of aliphatic hydroxyl groups excluding tert-OH is 1. The van der Waals surface area contributed by atoms with Crippen molar-refractivity contribution in [3.05, 3.63) is 34.3 Å². The third kappa shape index (κ3) is 5.41. The van der Waals surface area contributed by atoms with Gasteiger partial charge in [-0.1, -0.05) is 37.1 Å². The van der Waals surface area contributed by atoms with Crippen LogP contribution in [0.5, 0.6) is 0 Å². The Labute approximate surface area is 126 Å². The van der Waals surface area contributed by atoms with E-state index in [1.54, 1.807) is 6.07 Å². The maximum Gasteiger partial charge on any atom is 0.0816 e. The monoisotopic (exact) mass is 299 g/mol. The van der Waals surface area contributed by atoms with E-state index in [2.05, 4.69) is 6.92 Å². The molecule has 0 spiro atoms. The van der Waals surface area contributed by atoms with Crippen LogP contribution in [-0.2, 0) is 6.42 Å². The Hall–Kier alpha value is -0.610.